The van der Waals surface area contributed by atoms with Crippen LogP contribution in [0.15, 0.2) is 48.5 Å². The first-order valence-electron chi connectivity index (χ1n) is 8.44. The Kier molecular flexibility index (Phi) is 5.03. The number of nitrogens with one attached hydrogen (secondary N) is 1. The van der Waals surface area contributed by atoms with Crippen LogP contribution in [0.4, 0.5) is 5.69 Å². The van der Waals surface area contributed by atoms with Crippen molar-refractivity contribution in [2.75, 3.05) is 18.6 Å². The van der Waals surface area contributed by atoms with Crippen LogP contribution in [0, 0.1) is 0 Å². The van der Waals surface area contributed by atoms with E-state index < -0.39 is 6.04 Å². The van der Waals surface area contributed by atoms with E-state index >= 15 is 0 Å². The summed E-state index contributed by atoms with van der Waals surface area (Å²) in [6.45, 7) is 2.43. The van der Waals surface area contributed by atoms with E-state index in [0.717, 1.165) is 22.6 Å². The molecule has 1 N–H and O–H groups in total. The second-order valence-electron chi connectivity index (χ2n) is 6.03. The van der Waals surface area contributed by atoms with Crippen LogP contribution < -0.4 is 15.0 Å². The molecule has 2 amide bonds. The molecule has 5 heteroatoms. The van der Waals surface area contributed by atoms with Gasteiger partial charge in [-0.2, -0.15) is 0 Å². The number of para-hydroxylation sites is 1. The monoisotopic (exact) mass is 338 g/mol. The number of nitrogens with zero attached hydrogens (tertiary/aromatic N) is 1. The highest BCUT2D eigenvalue weighted by molar-refractivity contribution is 6.04. The molecule has 2 aromatic rings. The van der Waals surface area contributed by atoms with Crippen molar-refractivity contribution in [2.24, 2.45) is 0 Å². The number of methoxy groups -OCH3 is 1. The molecular formula is C20H22N2O3. The molecule has 0 aromatic heterocycles. The van der Waals surface area contributed by atoms with Gasteiger partial charge in [0.15, 0.2) is 0 Å². The Bertz CT molecular complexity index is 771. The number of likely N-dealkylation sites (N-methyl/N-ethyl adjacent to an activating group) is 1. The van der Waals surface area contributed by atoms with Crippen LogP contribution in [0.3, 0.4) is 0 Å². The number of fused-ring (bicyclic) bond motifs is 1. The Morgan fingerprint density at radius 2 is 1.88 bits per heavy atom. The minimum Gasteiger partial charge on any atom is -0.497 e. The number of carbonyl (C=O) groups excluding carboxylic acids is 2. The van der Waals surface area contributed by atoms with Crippen molar-refractivity contribution in [1.29, 1.82) is 0 Å². The SMILES string of the molecule is CCNC(=O)C1Cc2ccccc2N1C(=O)Cc1ccc(OC)cc1. The Morgan fingerprint density at radius 3 is 2.56 bits per heavy atom. The summed E-state index contributed by atoms with van der Waals surface area (Å²) in [5, 5.41) is 2.84. The van der Waals surface area contributed by atoms with Gasteiger partial charge in [0, 0.05) is 18.7 Å². The molecule has 130 valence electrons. The lowest BCUT2D eigenvalue weighted by molar-refractivity contribution is -0.125. The van der Waals surface area contributed by atoms with Gasteiger partial charge in [0.25, 0.3) is 0 Å². The summed E-state index contributed by atoms with van der Waals surface area (Å²) in [7, 11) is 1.61. The summed E-state index contributed by atoms with van der Waals surface area (Å²) in [6, 6.07) is 14.6. The fraction of sp³-hybridized carbons (Fsp3) is 0.300. The van der Waals surface area contributed by atoms with Crippen LogP contribution in [0.25, 0.3) is 0 Å². The third kappa shape index (κ3) is 3.50. The van der Waals surface area contributed by atoms with Crippen molar-refractivity contribution < 1.29 is 14.3 Å². The third-order valence-corrected chi connectivity index (χ3v) is 4.41. The van der Waals surface area contributed by atoms with E-state index in [1.807, 2.05) is 55.5 Å². The van der Waals surface area contributed by atoms with E-state index in [-0.39, 0.29) is 18.2 Å². The first kappa shape index (κ1) is 17.0. The second-order valence-corrected chi connectivity index (χ2v) is 6.03. The molecule has 0 saturated carbocycles. The van der Waals surface area contributed by atoms with Crippen molar-refractivity contribution in [2.45, 2.75) is 25.8 Å². The number of anilines is 1. The number of carbonyl (C=O) groups is 2. The maximum Gasteiger partial charge on any atom is 0.243 e. The summed E-state index contributed by atoms with van der Waals surface area (Å²) in [6.07, 6.45) is 0.796. The summed E-state index contributed by atoms with van der Waals surface area (Å²) in [4.78, 5) is 27.1. The van der Waals surface area contributed by atoms with Gasteiger partial charge in [0.2, 0.25) is 11.8 Å². The maximum atomic E-state index is 13.0. The molecule has 0 bridgehead atoms. The largest absolute Gasteiger partial charge is 0.497 e. The predicted octanol–water partition coefficient (Wildman–Crippen LogP) is 2.33. The zero-order valence-corrected chi connectivity index (χ0v) is 14.5. The molecule has 2 aromatic carbocycles. The van der Waals surface area contributed by atoms with E-state index in [1.165, 1.54) is 0 Å². The first-order chi connectivity index (χ1) is 12.1. The highest BCUT2D eigenvalue weighted by Crippen LogP contribution is 2.32. The van der Waals surface area contributed by atoms with Gasteiger partial charge in [-0.25, -0.2) is 0 Å². The number of amides is 2. The fourth-order valence-electron chi connectivity index (χ4n) is 3.20. The highest BCUT2D eigenvalue weighted by atomic mass is 16.5. The number of benzene rings is 2. The number of hydrogen-bond donors (Lipinski definition) is 1. The molecule has 0 aliphatic carbocycles. The Labute approximate surface area is 147 Å². The van der Waals surface area contributed by atoms with Crippen molar-refractivity contribution in [1.82, 2.24) is 5.32 Å². The number of ether oxygens (including phenoxy) is 1. The van der Waals surface area contributed by atoms with Gasteiger partial charge < -0.3 is 10.1 Å². The van der Waals surface area contributed by atoms with Crippen LogP contribution in [0.2, 0.25) is 0 Å². The lowest BCUT2D eigenvalue weighted by atomic mass is 10.1. The second kappa shape index (κ2) is 7.38. The zero-order valence-electron chi connectivity index (χ0n) is 14.5. The molecule has 25 heavy (non-hydrogen) atoms. The molecule has 5 nitrogen and oxygen atoms in total. The molecule has 0 fully saturated rings. The van der Waals surface area contributed by atoms with Gasteiger partial charge in [0.1, 0.15) is 11.8 Å². The number of rotatable bonds is 5. The normalized spacial score (nSPS) is 15.6. The van der Waals surface area contributed by atoms with Crippen LogP contribution in [0.1, 0.15) is 18.1 Å². The van der Waals surface area contributed by atoms with E-state index in [4.69, 9.17) is 4.74 Å². The van der Waals surface area contributed by atoms with Crippen molar-refractivity contribution in [3.8, 4) is 5.75 Å². The minimum absolute atomic E-state index is 0.0774. The molecule has 0 radical (unpaired) electrons. The lowest BCUT2D eigenvalue weighted by Gasteiger charge is -2.25. The highest BCUT2D eigenvalue weighted by Gasteiger charge is 2.37. The molecule has 0 spiro atoms. The average Bonchev–Trinajstić information content (AvgIpc) is 3.02. The lowest BCUT2D eigenvalue weighted by Crippen LogP contribution is -2.48. The molecule has 1 unspecified atom stereocenters. The van der Waals surface area contributed by atoms with Crippen LogP contribution in [-0.2, 0) is 22.4 Å². The molecule has 0 saturated heterocycles. The summed E-state index contributed by atoms with van der Waals surface area (Å²) < 4.78 is 5.15. The topological polar surface area (TPSA) is 58.6 Å². The van der Waals surface area contributed by atoms with E-state index in [1.54, 1.807) is 12.0 Å². The molecule has 1 aliphatic heterocycles. The average molecular weight is 338 g/mol. The Hall–Kier alpha value is -2.82. The summed E-state index contributed by atoms with van der Waals surface area (Å²) in [5.74, 6) is 0.566. The summed E-state index contributed by atoms with van der Waals surface area (Å²) >= 11 is 0. The van der Waals surface area contributed by atoms with E-state index in [9.17, 15) is 9.59 Å². The van der Waals surface area contributed by atoms with E-state index in [0.29, 0.717) is 13.0 Å². The van der Waals surface area contributed by atoms with Crippen LogP contribution >= 0.6 is 0 Å². The van der Waals surface area contributed by atoms with Crippen molar-refractivity contribution in [3.63, 3.8) is 0 Å². The quantitative estimate of drug-likeness (QED) is 0.910. The standard InChI is InChI=1S/C20H22N2O3/c1-3-21-20(24)18-13-15-6-4-5-7-17(15)22(18)19(23)12-14-8-10-16(25-2)11-9-14/h4-11,18H,3,12-13H2,1-2H3,(H,21,24). The van der Waals surface area contributed by atoms with E-state index in [2.05, 4.69) is 5.32 Å². The fourth-order valence-corrected chi connectivity index (χ4v) is 3.20. The van der Waals surface area contributed by atoms with Gasteiger partial charge in [-0.1, -0.05) is 30.3 Å². The van der Waals surface area contributed by atoms with Crippen LogP contribution in [-0.4, -0.2) is 31.5 Å². The minimum atomic E-state index is -0.483. The smallest absolute Gasteiger partial charge is 0.243 e. The maximum absolute atomic E-state index is 13.0. The number of hydrogen-bond acceptors (Lipinski definition) is 3. The van der Waals surface area contributed by atoms with Gasteiger partial charge >= 0.3 is 0 Å². The van der Waals surface area contributed by atoms with Gasteiger partial charge in [-0.3, -0.25) is 14.5 Å². The Morgan fingerprint density at radius 1 is 1.16 bits per heavy atom. The van der Waals surface area contributed by atoms with Gasteiger partial charge in [0.05, 0.1) is 13.5 Å². The van der Waals surface area contributed by atoms with Crippen molar-refractivity contribution >= 4 is 17.5 Å². The van der Waals surface area contributed by atoms with Crippen molar-refractivity contribution in [3.05, 3.63) is 59.7 Å². The van der Waals surface area contributed by atoms with Gasteiger partial charge in [-0.05, 0) is 36.2 Å². The van der Waals surface area contributed by atoms with Crippen LogP contribution in [0.5, 0.6) is 5.75 Å². The molecule has 1 heterocycles. The zero-order chi connectivity index (χ0) is 17.8. The summed E-state index contributed by atoms with van der Waals surface area (Å²) in [5.41, 5.74) is 2.75. The molecule has 1 aliphatic rings. The molecular weight excluding hydrogens is 316 g/mol. The first-order valence-corrected chi connectivity index (χ1v) is 8.44. The Balaban J connectivity index is 1.84. The van der Waals surface area contributed by atoms with Gasteiger partial charge in [-0.15, -0.1) is 0 Å². The third-order valence-electron chi connectivity index (χ3n) is 4.41. The predicted molar refractivity (Wildman–Crippen MR) is 96.8 cm³/mol. The molecule has 1 atom stereocenters. The molecule has 3 rings (SSSR count).